The van der Waals surface area contributed by atoms with Gasteiger partial charge < -0.3 is 23.6 Å². The number of ether oxygens (including phenoxy) is 2. The van der Waals surface area contributed by atoms with Crippen LogP contribution in [0, 0.1) is 5.82 Å². The van der Waals surface area contributed by atoms with Gasteiger partial charge in [0.05, 0.1) is 18.9 Å². The highest BCUT2D eigenvalue weighted by atomic mass is 35.5. The fourth-order valence-electron chi connectivity index (χ4n) is 3.25. The van der Waals surface area contributed by atoms with Gasteiger partial charge in [0.2, 0.25) is 5.82 Å². The van der Waals surface area contributed by atoms with Gasteiger partial charge in [-0.05, 0) is 44.7 Å². The first kappa shape index (κ1) is 29.4. The number of alkyl halides is 2. The van der Waals surface area contributed by atoms with Crippen LogP contribution in [0.15, 0.2) is 46.1 Å². The van der Waals surface area contributed by atoms with E-state index in [1.807, 2.05) is 0 Å². The van der Waals surface area contributed by atoms with Gasteiger partial charge in [-0.1, -0.05) is 29.8 Å². The number of hydrogen-bond acceptors (Lipinski definition) is 9. The van der Waals surface area contributed by atoms with Crippen molar-refractivity contribution in [1.29, 1.82) is 0 Å². The Morgan fingerprint density at radius 2 is 2.00 bits per heavy atom. The number of para-hydroxylation sites is 1. The fourth-order valence-corrected chi connectivity index (χ4v) is 5.96. The minimum atomic E-state index is -3.58. The maximum Gasteiger partial charge on any atom is 0.330 e. The molecule has 3 N–H and O–H groups in total. The Hall–Kier alpha value is -2.19. The first-order valence-electron chi connectivity index (χ1n) is 10.9. The Morgan fingerprint density at radius 3 is 2.62 bits per heavy atom. The van der Waals surface area contributed by atoms with Crippen LogP contribution in [0.25, 0.3) is 0 Å². The molecule has 1 aromatic heterocycles. The molecule has 16 heteroatoms. The van der Waals surface area contributed by atoms with Crippen LogP contribution in [0.1, 0.15) is 27.0 Å². The van der Waals surface area contributed by atoms with E-state index in [-0.39, 0.29) is 0 Å². The van der Waals surface area contributed by atoms with Gasteiger partial charge in [0, 0.05) is 0 Å². The minimum absolute atomic E-state index is 0.293. The van der Waals surface area contributed by atoms with Crippen LogP contribution < -0.4 is 20.9 Å². The number of carbonyl (C=O) groups is 1. The van der Waals surface area contributed by atoms with Gasteiger partial charge in [-0.3, -0.25) is 19.1 Å². The Labute approximate surface area is 219 Å². The van der Waals surface area contributed by atoms with Crippen LogP contribution in [0.3, 0.4) is 0 Å². The second-order valence-corrected chi connectivity index (χ2v) is 12.0. The normalized spacial score (nSPS) is 26.0. The molecule has 0 radical (unpaired) electrons. The molecule has 1 saturated heterocycles. The van der Waals surface area contributed by atoms with E-state index in [9.17, 15) is 23.9 Å². The topological polar surface area (TPSA) is 141 Å². The molecule has 1 fully saturated rings. The van der Waals surface area contributed by atoms with E-state index in [0.29, 0.717) is 16.5 Å². The number of esters is 1. The molecule has 0 aliphatic carbocycles. The van der Waals surface area contributed by atoms with Crippen molar-refractivity contribution in [1.82, 2.24) is 14.6 Å². The molecule has 0 amide bonds. The maximum absolute atomic E-state index is 15.3. The average molecular weight is 584 g/mol. The molecule has 0 spiro atoms. The second-order valence-electron chi connectivity index (χ2n) is 8.32. The first-order valence-corrected chi connectivity index (χ1v) is 13.9. The second kappa shape index (κ2) is 11.7. The third-order valence-corrected chi connectivity index (χ3v) is 7.90. The molecule has 0 bridgehead atoms. The number of benzene rings is 1. The predicted molar refractivity (Wildman–Crippen MR) is 132 cm³/mol. The van der Waals surface area contributed by atoms with Crippen LogP contribution in [-0.2, 0) is 30.6 Å². The van der Waals surface area contributed by atoms with Crippen LogP contribution in [0.2, 0.25) is 0 Å². The summed E-state index contributed by atoms with van der Waals surface area (Å²) < 4.78 is 51.5. The molecule has 11 nitrogen and oxygen atoms in total. The van der Waals surface area contributed by atoms with E-state index < -0.39 is 72.0 Å². The number of carbonyl (C=O) groups excluding carboxylic acids is 1. The Morgan fingerprint density at radius 1 is 1.35 bits per heavy atom. The standard InChI is InChI=1S/C21H25ClF2N3O8PS/c1-11(2)33-18(30)12(3)26-36(37,35-13-7-5-4-6-8-13)32-10-15-16(28)21(22,24)19(34-15)27-9-14(23)17(29)25-20(27)31/h4-9,11-12,15-16,19,28H,10H2,1-3H3,(H,26,37)(H,25,29,31)/t12?,15-,16-,19-,21+,36?/m1/s1. The number of hydrogen-bond donors (Lipinski definition) is 3. The number of aromatic amines is 1. The van der Waals surface area contributed by atoms with Gasteiger partial charge in [0.1, 0.15) is 24.0 Å². The highest BCUT2D eigenvalue weighted by Crippen LogP contribution is 2.48. The van der Waals surface area contributed by atoms with Crippen LogP contribution in [0.5, 0.6) is 5.75 Å². The highest BCUT2D eigenvalue weighted by Gasteiger charge is 2.58. The predicted octanol–water partition coefficient (Wildman–Crippen LogP) is 2.09. The molecular formula is C21H25ClF2N3O8PS. The summed E-state index contributed by atoms with van der Waals surface area (Å²) in [7, 11) is 0. The lowest BCUT2D eigenvalue weighted by atomic mass is 10.1. The number of H-pyrrole nitrogens is 1. The van der Waals surface area contributed by atoms with Crippen molar-refractivity contribution in [2.24, 2.45) is 0 Å². The molecular weight excluding hydrogens is 559 g/mol. The molecule has 2 aromatic rings. The molecule has 2 unspecified atom stereocenters. The van der Waals surface area contributed by atoms with Crippen LogP contribution in [-0.4, -0.2) is 56.7 Å². The molecule has 2 heterocycles. The molecule has 204 valence electrons. The lowest BCUT2D eigenvalue weighted by Crippen LogP contribution is -2.42. The first-order chi connectivity index (χ1) is 17.2. The summed E-state index contributed by atoms with van der Waals surface area (Å²) in [6, 6.07) is 7.28. The van der Waals surface area contributed by atoms with Crippen molar-refractivity contribution in [3.63, 3.8) is 0 Å². The summed E-state index contributed by atoms with van der Waals surface area (Å²) in [5.74, 6) is -1.74. The quantitative estimate of drug-likeness (QED) is 0.216. The molecule has 1 aromatic carbocycles. The van der Waals surface area contributed by atoms with E-state index in [1.165, 1.54) is 6.92 Å². The van der Waals surface area contributed by atoms with E-state index in [0.717, 1.165) is 0 Å². The monoisotopic (exact) mass is 583 g/mol. The number of aliphatic hydroxyl groups excluding tert-OH is 1. The van der Waals surface area contributed by atoms with Crippen molar-refractivity contribution >= 4 is 36.0 Å². The molecule has 1 aliphatic rings. The van der Waals surface area contributed by atoms with E-state index in [1.54, 1.807) is 49.2 Å². The third-order valence-electron chi connectivity index (χ3n) is 4.99. The van der Waals surface area contributed by atoms with Gasteiger partial charge in [-0.15, -0.1) is 0 Å². The maximum atomic E-state index is 15.3. The van der Waals surface area contributed by atoms with Gasteiger partial charge in [-0.25, -0.2) is 14.3 Å². The highest BCUT2D eigenvalue weighted by molar-refractivity contribution is 8.09. The van der Waals surface area contributed by atoms with Gasteiger partial charge in [0.15, 0.2) is 6.23 Å². The number of aromatic nitrogens is 2. The van der Waals surface area contributed by atoms with Crippen LogP contribution in [0.4, 0.5) is 8.78 Å². The summed E-state index contributed by atoms with van der Waals surface area (Å²) in [5, 5.41) is 10.1. The fraction of sp³-hybridized carbons (Fsp3) is 0.476. The van der Waals surface area contributed by atoms with Crippen molar-refractivity contribution in [3.8, 4) is 5.75 Å². The van der Waals surface area contributed by atoms with E-state index in [4.69, 9.17) is 41.9 Å². The SMILES string of the molecule is CC(C)OC(=O)C(C)NP(=S)(OC[C@H]1O[C@@H](n2cc(F)c(=O)[nH]c2=O)[C@](F)(Cl)[C@@H]1O)Oc1ccccc1. The van der Waals surface area contributed by atoms with Crippen molar-refractivity contribution < 1.29 is 37.2 Å². The molecule has 0 saturated carbocycles. The Bertz CT molecular complexity index is 1280. The number of aliphatic hydroxyl groups is 1. The number of rotatable bonds is 10. The summed E-state index contributed by atoms with van der Waals surface area (Å²) >= 11 is 11.4. The zero-order chi connectivity index (χ0) is 27.5. The van der Waals surface area contributed by atoms with Crippen molar-refractivity contribution in [2.45, 2.75) is 56.5 Å². The summed E-state index contributed by atoms with van der Waals surface area (Å²) in [6.07, 6.45) is -5.62. The number of nitrogens with zero attached hydrogens (tertiary/aromatic N) is 1. The van der Waals surface area contributed by atoms with Crippen LogP contribution >= 0.6 is 18.2 Å². The lowest BCUT2D eigenvalue weighted by molar-refractivity contribution is -0.149. The third kappa shape index (κ3) is 7.02. The number of nitrogens with one attached hydrogen (secondary N) is 2. The molecule has 3 rings (SSSR count). The zero-order valence-electron chi connectivity index (χ0n) is 19.8. The van der Waals surface area contributed by atoms with E-state index in [2.05, 4.69) is 5.09 Å². The van der Waals surface area contributed by atoms with E-state index >= 15 is 4.39 Å². The van der Waals surface area contributed by atoms with Crippen molar-refractivity contribution in [2.75, 3.05) is 6.61 Å². The minimum Gasteiger partial charge on any atom is -0.462 e. The average Bonchev–Trinajstić information content (AvgIpc) is 3.03. The lowest BCUT2D eigenvalue weighted by Gasteiger charge is -2.28. The molecule has 37 heavy (non-hydrogen) atoms. The largest absolute Gasteiger partial charge is 0.462 e. The summed E-state index contributed by atoms with van der Waals surface area (Å²) in [6.45, 7) is 0.619. The van der Waals surface area contributed by atoms with Gasteiger partial charge in [0.25, 0.3) is 10.7 Å². The summed E-state index contributed by atoms with van der Waals surface area (Å²) in [5.41, 5.74) is -2.54. The zero-order valence-corrected chi connectivity index (χ0v) is 22.3. The van der Waals surface area contributed by atoms with Gasteiger partial charge >= 0.3 is 18.3 Å². The Kier molecular flexibility index (Phi) is 9.27. The van der Waals surface area contributed by atoms with Gasteiger partial charge in [-0.2, -0.15) is 4.39 Å². The summed E-state index contributed by atoms with van der Waals surface area (Å²) in [4.78, 5) is 37.4. The molecule has 6 atom stereocenters. The number of halogens is 3. The van der Waals surface area contributed by atoms with Crippen molar-refractivity contribution in [3.05, 3.63) is 63.2 Å². The molecule has 1 aliphatic heterocycles. The Balaban J connectivity index is 1.82. The smallest absolute Gasteiger partial charge is 0.330 e.